The summed E-state index contributed by atoms with van der Waals surface area (Å²) >= 11 is 0. The summed E-state index contributed by atoms with van der Waals surface area (Å²) in [4.78, 5) is 16.7. The summed E-state index contributed by atoms with van der Waals surface area (Å²) in [6.45, 7) is 4.09. The zero-order chi connectivity index (χ0) is 22.1. The van der Waals surface area contributed by atoms with E-state index in [9.17, 15) is 4.39 Å². The van der Waals surface area contributed by atoms with Gasteiger partial charge < -0.3 is 15.5 Å². The third kappa shape index (κ3) is 4.13. The number of piperidine rings is 1. The Kier molecular flexibility index (Phi) is 5.67. The van der Waals surface area contributed by atoms with Gasteiger partial charge in [0.2, 0.25) is 5.95 Å². The zero-order valence-electron chi connectivity index (χ0n) is 18.9. The highest BCUT2D eigenvalue weighted by Crippen LogP contribution is 2.36. The van der Waals surface area contributed by atoms with Crippen molar-refractivity contribution in [2.45, 2.75) is 57.0 Å². The average molecular weight is 435 g/mol. The van der Waals surface area contributed by atoms with E-state index in [-0.39, 0.29) is 11.4 Å². The molecule has 1 aromatic heterocycles. The van der Waals surface area contributed by atoms with Crippen LogP contribution in [0.15, 0.2) is 41.5 Å². The van der Waals surface area contributed by atoms with Crippen LogP contribution in [0.25, 0.3) is 11.4 Å². The largest absolute Gasteiger partial charge is 0.371 e. The molecule has 3 heterocycles. The second kappa shape index (κ2) is 8.62. The molecule has 2 aliphatic heterocycles. The van der Waals surface area contributed by atoms with Crippen molar-refractivity contribution >= 4 is 23.1 Å². The van der Waals surface area contributed by atoms with Crippen molar-refractivity contribution < 1.29 is 4.39 Å². The number of rotatable bonds is 4. The SMILES string of the molecule is CC1=NC(c2cccc(F)c2)=C(c2ccnc(NC3CCCC3)n2)NC12CCN(C)CC2. The van der Waals surface area contributed by atoms with Crippen LogP contribution in [0, 0.1) is 5.82 Å². The number of anilines is 1. The first kappa shape index (κ1) is 21.1. The minimum atomic E-state index is -0.270. The van der Waals surface area contributed by atoms with E-state index in [1.54, 1.807) is 18.3 Å². The molecule has 0 bridgehead atoms. The molecule has 7 heteroatoms. The van der Waals surface area contributed by atoms with Crippen LogP contribution in [0.1, 0.15) is 56.7 Å². The predicted octanol–water partition coefficient (Wildman–Crippen LogP) is 4.32. The molecule has 1 saturated heterocycles. The Hall–Kier alpha value is -2.80. The Bertz CT molecular complexity index is 1050. The molecule has 1 saturated carbocycles. The summed E-state index contributed by atoms with van der Waals surface area (Å²) in [6.07, 6.45) is 8.54. The number of hydrogen-bond acceptors (Lipinski definition) is 6. The Morgan fingerprint density at radius 2 is 1.94 bits per heavy atom. The third-order valence-corrected chi connectivity index (χ3v) is 7.11. The number of halogens is 1. The molecule has 1 spiro atoms. The Balaban J connectivity index is 1.56. The number of aromatic nitrogens is 2. The highest BCUT2D eigenvalue weighted by molar-refractivity contribution is 6.04. The van der Waals surface area contributed by atoms with E-state index in [4.69, 9.17) is 9.98 Å². The van der Waals surface area contributed by atoms with Crippen LogP contribution in [0.2, 0.25) is 0 Å². The van der Waals surface area contributed by atoms with E-state index in [1.165, 1.54) is 18.9 Å². The summed E-state index contributed by atoms with van der Waals surface area (Å²) in [5, 5.41) is 7.32. The summed E-state index contributed by atoms with van der Waals surface area (Å²) in [6, 6.07) is 8.99. The number of nitrogens with zero attached hydrogens (tertiary/aromatic N) is 4. The molecule has 1 aromatic carbocycles. The lowest BCUT2D eigenvalue weighted by Crippen LogP contribution is -2.57. The van der Waals surface area contributed by atoms with Crippen molar-refractivity contribution in [1.82, 2.24) is 20.2 Å². The number of hydrogen-bond donors (Lipinski definition) is 2. The molecule has 2 N–H and O–H groups in total. The van der Waals surface area contributed by atoms with Crippen molar-refractivity contribution in [2.24, 2.45) is 4.99 Å². The van der Waals surface area contributed by atoms with Gasteiger partial charge >= 0.3 is 0 Å². The van der Waals surface area contributed by atoms with Crippen LogP contribution in [0.4, 0.5) is 10.3 Å². The molecule has 5 rings (SSSR count). The molecule has 0 radical (unpaired) electrons. The quantitative estimate of drug-likeness (QED) is 0.750. The van der Waals surface area contributed by atoms with Crippen molar-refractivity contribution in [3.63, 3.8) is 0 Å². The van der Waals surface area contributed by atoms with E-state index >= 15 is 0 Å². The lowest BCUT2D eigenvalue weighted by molar-refractivity contribution is 0.215. The summed E-state index contributed by atoms with van der Waals surface area (Å²) in [5.41, 5.74) is 3.96. The van der Waals surface area contributed by atoms with Crippen LogP contribution >= 0.6 is 0 Å². The van der Waals surface area contributed by atoms with Crippen LogP contribution < -0.4 is 10.6 Å². The smallest absolute Gasteiger partial charge is 0.223 e. The monoisotopic (exact) mass is 434 g/mol. The van der Waals surface area contributed by atoms with E-state index in [2.05, 4.69) is 34.5 Å². The van der Waals surface area contributed by atoms with Gasteiger partial charge in [0, 0.05) is 36.6 Å². The second-order valence-corrected chi connectivity index (χ2v) is 9.33. The highest BCUT2D eigenvalue weighted by Gasteiger charge is 2.40. The molecule has 168 valence electrons. The fourth-order valence-electron chi connectivity index (χ4n) is 5.06. The molecule has 2 fully saturated rings. The second-order valence-electron chi connectivity index (χ2n) is 9.33. The van der Waals surface area contributed by atoms with Gasteiger partial charge in [-0.05, 0) is 57.9 Å². The minimum absolute atomic E-state index is 0.206. The number of aliphatic imine (C=N–C) groups is 1. The number of nitrogens with one attached hydrogen (secondary N) is 2. The van der Waals surface area contributed by atoms with Gasteiger partial charge in [0.1, 0.15) is 5.82 Å². The van der Waals surface area contributed by atoms with E-state index in [1.807, 2.05) is 12.1 Å². The normalized spacial score (nSPS) is 21.5. The van der Waals surface area contributed by atoms with Crippen molar-refractivity contribution in [2.75, 3.05) is 25.5 Å². The van der Waals surface area contributed by atoms with Gasteiger partial charge in [0.05, 0.1) is 22.6 Å². The maximum absolute atomic E-state index is 14.1. The molecule has 6 nitrogen and oxygen atoms in total. The number of likely N-dealkylation sites (tertiary alicyclic amines) is 1. The molecule has 32 heavy (non-hydrogen) atoms. The molecular weight excluding hydrogens is 403 g/mol. The predicted molar refractivity (Wildman–Crippen MR) is 127 cm³/mol. The Labute approximate surface area is 189 Å². The van der Waals surface area contributed by atoms with Gasteiger partial charge in [0.25, 0.3) is 0 Å². The molecule has 0 unspecified atom stereocenters. The lowest BCUT2D eigenvalue weighted by Gasteiger charge is -2.44. The first-order valence-electron chi connectivity index (χ1n) is 11.7. The minimum Gasteiger partial charge on any atom is -0.371 e. The molecule has 0 atom stereocenters. The van der Waals surface area contributed by atoms with Crippen LogP contribution in [-0.4, -0.2) is 52.3 Å². The molecular formula is C25H31FN6. The molecule has 1 aliphatic carbocycles. The van der Waals surface area contributed by atoms with Gasteiger partial charge in [0.15, 0.2) is 0 Å². The van der Waals surface area contributed by atoms with Gasteiger partial charge in [-0.3, -0.25) is 4.99 Å². The van der Waals surface area contributed by atoms with E-state index in [0.29, 0.717) is 12.0 Å². The first-order valence-corrected chi connectivity index (χ1v) is 11.7. The van der Waals surface area contributed by atoms with Crippen molar-refractivity contribution in [3.8, 4) is 0 Å². The Morgan fingerprint density at radius 1 is 1.16 bits per heavy atom. The number of benzene rings is 1. The van der Waals surface area contributed by atoms with E-state index < -0.39 is 0 Å². The summed E-state index contributed by atoms with van der Waals surface area (Å²) < 4.78 is 14.1. The standard InChI is InChI=1S/C25H31FN6/c1-17-25(11-14-32(2)15-12-25)31-23(22(28-17)18-6-5-7-19(26)16-18)21-10-13-27-24(30-21)29-20-8-3-4-9-20/h5-7,10,13,16,20,31H,3-4,8-9,11-12,14-15H2,1-2H3,(H,27,29,30). The zero-order valence-corrected chi connectivity index (χ0v) is 18.9. The summed E-state index contributed by atoms with van der Waals surface area (Å²) in [5.74, 6) is 0.374. The van der Waals surface area contributed by atoms with Crippen molar-refractivity contribution in [1.29, 1.82) is 0 Å². The maximum Gasteiger partial charge on any atom is 0.223 e. The molecule has 2 aromatic rings. The van der Waals surface area contributed by atoms with Crippen LogP contribution in [0.3, 0.4) is 0 Å². The lowest BCUT2D eigenvalue weighted by atomic mass is 9.81. The van der Waals surface area contributed by atoms with Gasteiger partial charge in [-0.25, -0.2) is 14.4 Å². The average Bonchev–Trinajstić information content (AvgIpc) is 3.30. The van der Waals surface area contributed by atoms with E-state index in [0.717, 1.165) is 67.1 Å². The van der Waals surface area contributed by atoms with Crippen molar-refractivity contribution in [3.05, 3.63) is 53.6 Å². The molecule has 3 aliphatic rings. The fraction of sp³-hybridized carbons (Fsp3) is 0.480. The third-order valence-electron chi connectivity index (χ3n) is 7.11. The molecule has 0 amide bonds. The van der Waals surface area contributed by atoms with Gasteiger partial charge in [-0.15, -0.1) is 0 Å². The topological polar surface area (TPSA) is 65.4 Å². The first-order chi connectivity index (χ1) is 15.5. The highest BCUT2D eigenvalue weighted by atomic mass is 19.1. The van der Waals surface area contributed by atoms with Gasteiger partial charge in [-0.1, -0.05) is 25.0 Å². The summed E-state index contributed by atoms with van der Waals surface area (Å²) in [7, 11) is 2.16. The fourth-order valence-corrected chi connectivity index (χ4v) is 5.06. The maximum atomic E-state index is 14.1. The van der Waals surface area contributed by atoms with Crippen LogP contribution in [0.5, 0.6) is 0 Å². The van der Waals surface area contributed by atoms with Crippen LogP contribution in [-0.2, 0) is 0 Å². The van der Waals surface area contributed by atoms with Gasteiger partial charge in [-0.2, -0.15) is 0 Å². The Morgan fingerprint density at radius 3 is 2.69 bits per heavy atom.